The van der Waals surface area contributed by atoms with Crippen molar-refractivity contribution in [1.82, 2.24) is 9.88 Å². The van der Waals surface area contributed by atoms with Crippen LogP contribution in [0.4, 0.5) is 0 Å². The van der Waals surface area contributed by atoms with Crippen LogP contribution in [0.25, 0.3) is 0 Å². The largest absolute Gasteiger partial charge is 0.438 e. The molecule has 6 heteroatoms. The van der Waals surface area contributed by atoms with E-state index in [1.54, 1.807) is 18.3 Å². The minimum atomic E-state index is -0.0626. The molecule has 1 fully saturated rings. The van der Waals surface area contributed by atoms with Gasteiger partial charge in [0.1, 0.15) is 11.3 Å². The van der Waals surface area contributed by atoms with Crippen molar-refractivity contribution in [2.24, 2.45) is 11.1 Å². The SMILES string of the molecule is CC1(CN)CCN(C(=O)c2cccnc2Oc2ccc(Br)cc2)C1. The van der Waals surface area contributed by atoms with Gasteiger partial charge in [0.15, 0.2) is 0 Å². The summed E-state index contributed by atoms with van der Waals surface area (Å²) in [5, 5.41) is 0. The van der Waals surface area contributed by atoms with Gasteiger partial charge in [-0.25, -0.2) is 4.98 Å². The molecule has 1 amide bonds. The second-order valence-electron chi connectivity index (χ2n) is 6.40. The number of aromatic nitrogens is 1. The summed E-state index contributed by atoms with van der Waals surface area (Å²) in [7, 11) is 0. The van der Waals surface area contributed by atoms with E-state index in [0.717, 1.165) is 10.9 Å². The monoisotopic (exact) mass is 389 g/mol. The molecule has 126 valence electrons. The summed E-state index contributed by atoms with van der Waals surface area (Å²) in [5.74, 6) is 0.901. The van der Waals surface area contributed by atoms with Crippen molar-refractivity contribution in [2.45, 2.75) is 13.3 Å². The lowest BCUT2D eigenvalue weighted by atomic mass is 9.90. The van der Waals surface area contributed by atoms with Gasteiger partial charge in [0.25, 0.3) is 5.91 Å². The lowest BCUT2D eigenvalue weighted by molar-refractivity contribution is 0.0773. The number of ether oxygens (including phenoxy) is 1. The minimum Gasteiger partial charge on any atom is -0.438 e. The Morgan fingerprint density at radius 1 is 1.38 bits per heavy atom. The maximum atomic E-state index is 12.9. The number of benzene rings is 1. The average Bonchev–Trinajstić information content (AvgIpc) is 3.00. The van der Waals surface area contributed by atoms with Crippen LogP contribution in [-0.2, 0) is 0 Å². The van der Waals surface area contributed by atoms with Crippen molar-refractivity contribution in [3.63, 3.8) is 0 Å². The van der Waals surface area contributed by atoms with Gasteiger partial charge in [0.2, 0.25) is 5.88 Å². The maximum absolute atomic E-state index is 12.9. The quantitative estimate of drug-likeness (QED) is 0.869. The Labute approximate surface area is 149 Å². The highest BCUT2D eigenvalue weighted by molar-refractivity contribution is 9.10. The molecule has 1 atom stereocenters. The minimum absolute atomic E-state index is 0.00933. The van der Waals surface area contributed by atoms with Crippen LogP contribution in [0.5, 0.6) is 11.6 Å². The zero-order valence-electron chi connectivity index (χ0n) is 13.5. The lowest BCUT2D eigenvalue weighted by Crippen LogP contribution is -2.34. The number of hydrogen-bond acceptors (Lipinski definition) is 4. The fourth-order valence-electron chi connectivity index (χ4n) is 2.78. The van der Waals surface area contributed by atoms with E-state index in [4.69, 9.17) is 10.5 Å². The van der Waals surface area contributed by atoms with Gasteiger partial charge in [0, 0.05) is 23.8 Å². The molecule has 1 aromatic carbocycles. The number of carbonyl (C=O) groups excluding carboxylic acids is 1. The van der Waals surface area contributed by atoms with Crippen LogP contribution in [0.3, 0.4) is 0 Å². The zero-order valence-corrected chi connectivity index (χ0v) is 15.1. The molecule has 0 saturated carbocycles. The van der Waals surface area contributed by atoms with E-state index in [-0.39, 0.29) is 11.3 Å². The van der Waals surface area contributed by atoms with Crippen molar-refractivity contribution in [3.05, 3.63) is 52.6 Å². The summed E-state index contributed by atoms with van der Waals surface area (Å²) < 4.78 is 6.78. The molecule has 2 heterocycles. The van der Waals surface area contributed by atoms with Crippen molar-refractivity contribution >= 4 is 21.8 Å². The first-order valence-corrected chi connectivity index (χ1v) is 8.68. The molecule has 0 bridgehead atoms. The zero-order chi connectivity index (χ0) is 17.2. The molecule has 0 spiro atoms. The smallest absolute Gasteiger partial charge is 0.259 e. The van der Waals surface area contributed by atoms with E-state index in [0.29, 0.717) is 36.8 Å². The van der Waals surface area contributed by atoms with E-state index >= 15 is 0 Å². The third-order valence-electron chi connectivity index (χ3n) is 4.37. The average molecular weight is 390 g/mol. The van der Waals surface area contributed by atoms with Crippen molar-refractivity contribution < 1.29 is 9.53 Å². The normalized spacial score (nSPS) is 20.2. The lowest BCUT2D eigenvalue weighted by Gasteiger charge is -2.23. The van der Waals surface area contributed by atoms with Crippen LogP contribution in [0.15, 0.2) is 47.1 Å². The Morgan fingerprint density at radius 2 is 2.12 bits per heavy atom. The number of pyridine rings is 1. The molecule has 1 aromatic heterocycles. The van der Waals surface area contributed by atoms with Crippen LogP contribution >= 0.6 is 15.9 Å². The van der Waals surface area contributed by atoms with Gasteiger partial charge in [0.05, 0.1) is 0 Å². The summed E-state index contributed by atoms with van der Waals surface area (Å²) in [6.07, 6.45) is 2.54. The van der Waals surface area contributed by atoms with Gasteiger partial charge < -0.3 is 15.4 Å². The molecular weight excluding hydrogens is 370 g/mol. The number of nitrogens with two attached hydrogens (primary N) is 1. The third-order valence-corrected chi connectivity index (χ3v) is 4.90. The molecule has 3 rings (SSSR count). The molecule has 1 saturated heterocycles. The van der Waals surface area contributed by atoms with Gasteiger partial charge in [-0.05, 0) is 54.8 Å². The third kappa shape index (κ3) is 3.60. The fraction of sp³-hybridized carbons (Fsp3) is 0.333. The molecule has 2 N–H and O–H groups in total. The van der Waals surface area contributed by atoms with Crippen LogP contribution in [0.2, 0.25) is 0 Å². The first-order chi connectivity index (χ1) is 11.5. The summed E-state index contributed by atoms with van der Waals surface area (Å²) in [5.41, 5.74) is 6.30. The number of likely N-dealkylation sites (tertiary alicyclic amines) is 1. The number of amides is 1. The second-order valence-corrected chi connectivity index (χ2v) is 7.32. The summed E-state index contributed by atoms with van der Waals surface area (Å²) in [4.78, 5) is 18.9. The van der Waals surface area contributed by atoms with E-state index in [1.807, 2.05) is 29.2 Å². The molecule has 1 aliphatic heterocycles. The molecule has 1 unspecified atom stereocenters. The second kappa shape index (κ2) is 6.91. The molecule has 5 nitrogen and oxygen atoms in total. The number of nitrogens with zero attached hydrogens (tertiary/aromatic N) is 2. The van der Waals surface area contributed by atoms with Gasteiger partial charge in [-0.15, -0.1) is 0 Å². The van der Waals surface area contributed by atoms with Crippen LogP contribution in [0.1, 0.15) is 23.7 Å². The van der Waals surface area contributed by atoms with Gasteiger partial charge in [-0.1, -0.05) is 22.9 Å². The summed E-state index contributed by atoms with van der Waals surface area (Å²) in [6, 6.07) is 10.9. The highest BCUT2D eigenvalue weighted by Crippen LogP contribution is 2.31. The summed E-state index contributed by atoms with van der Waals surface area (Å²) >= 11 is 3.39. The van der Waals surface area contributed by atoms with Crippen molar-refractivity contribution in [3.8, 4) is 11.6 Å². The molecule has 2 aromatic rings. The standard InChI is InChI=1S/C18H20BrN3O2/c1-18(11-20)8-10-22(12-18)17(23)15-3-2-9-21-16(15)24-14-6-4-13(19)5-7-14/h2-7,9H,8,10-12,20H2,1H3. The fourth-order valence-corrected chi connectivity index (χ4v) is 3.05. The molecule has 0 aliphatic carbocycles. The Hall–Kier alpha value is -1.92. The van der Waals surface area contributed by atoms with E-state index in [9.17, 15) is 4.79 Å². The van der Waals surface area contributed by atoms with Crippen molar-refractivity contribution in [1.29, 1.82) is 0 Å². The Bertz CT molecular complexity index is 735. The van der Waals surface area contributed by atoms with Crippen LogP contribution < -0.4 is 10.5 Å². The van der Waals surface area contributed by atoms with Gasteiger partial charge >= 0.3 is 0 Å². The highest BCUT2D eigenvalue weighted by atomic mass is 79.9. The molecular formula is C18H20BrN3O2. The number of halogens is 1. The van der Waals surface area contributed by atoms with Crippen molar-refractivity contribution in [2.75, 3.05) is 19.6 Å². The van der Waals surface area contributed by atoms with E-state index < -0.39 is 0 Å². The topological polar surface area (TPSA) is 68.5 Å². The van der Waals surface area contributed by atoms with Crippen LogP contribution in [0, 0.1) is 5.41 Å². The van der Waals surface area contributed by atoms with E-state index in [1.165, 1.54) is 0 Å². The number of carbonyl (C=O) groups is 1. The molecule has 24 heavy (non-hydrogen) atoms. The number of hydrogen-bond donors (Lipinski definition) is 1. The first kappa shape index (κ1) is 16.9. The predicted molar refractivity (Wildman–Crippen MR) is 96.1 cm³/mol. The number of rotatable bonds is 4. The first-order valence-electron chi connectivity index (χ1n) is 7.88. The Morgan fingerprint density at radius 3 is 2.79 bits per heavy atom. The molecule has 0 radical (unpaired) electrons. The maximum Gasteiger partial charge on any atom is 0.259 e. The molecule has 1 aliphatic rings. The highest BCUT2D eigenvalue weighted by Gasteiger charge is 2.36. The van der Waals surface area contributed by atoms with Gasteiger partial charge in [-0.2, -0.15) is 0 Å². The van der Waals surface area contributed by atoms with E-state index in [2.05, 4.69) is 27.8 Å². The summed E-state index contributed by atoms with van der Waals surface area (Å²) in [6.45, 7) is 4.06. The predicted octanol–water partition coefficient (Wildman–Crippen LogP) is 3.45. The van der Waals surface area contributed by atoms with Gasteiger partial charge in [-0.3, -0.25) is 4.79 Å². The Balaban J connectivity index is 1.81. The Kier molecular flexibility index (Phi) is 4.87. The van der Waals surface area contributed by atoms with Crippen LogP contribution in [-0.4, -0.2) is 35.4 Å².